The number of allylic oxidation sites excluding steroid dienone is 3. The Labute approximate surface area is 177 Å². The van der Waals surface area contributed by atoms with E-state index in [1.807, 2.05) is 11.2 Å². The van der Waals surface area contributed by atoms with E-state index in [0.29, 0.717) is 39.9 Å². The van der Waals surface area contributed by atoms with Crippen LogP contribution in [0.3, 0.4) is 0 Å². The van der Waals surface area contributed by atoms with Crippen molar-refractivity contribution < 1.29 is 9.47 Å². The van der Waals surface area contributed by atoms with Crippen LogP contribution in [0.5, 0.6) is 0 Å². The predicted molar refractivity (Wildman–Crippen MR) is 125 cm³/mol. The average molecular weight is 431 g/mol. The third-order valence-corrected chi connectivity index (χ3v) is 18.6. The lowest BCUT2D eigenvalue weighted by Crippen LogP contribution is -2.41. The molecule has 0 aromatic heterocycles. The molecule has 0 amide bonds. The summed E-state index contributed by atoms with van der Waals surface area (Å²) in [7, 11) is -1.66. The molecule has 1 fully saturated rings. The van der Waals surface area contributed by atoms with Crippen molar-refractivity contribution in [3.8, 4) is 0 Å². The Bertz CT molecular complexity index is 513. The fraction of sp³-hybridized carbons (Fsp3) is 0.727. The normalized spacial score (nSPS) is 18.3. The van der Waals surface area contributed by atoms with Gasteiger partial charge < -0.3 is 9.47 Å². The van der Waals surface area contributed by atoms with E-state index in [2.05, 4.69) is 61.1 Å². The lowest BCUT2D eigenvalue weighted by Gasteiger charge is -2.42. The molecule has 0 aromatic rings. The van der Waals surface area contributed by atoms with E-state index in [4.69, 9.17) is 21.1 Å². The monoisotopic (exact) mass is 430 g/mol. The van der Waals surface area contributed by atoms with E-state index >= 15 is 0 Å². The molecule has 1 aliphatic heterocycles. The van der Waals surface area contributed by atoms with Gasteiger partial charge in [0.15, 0.2) is 0 Å². The number of rotatable bonds is 10. The minimum absolute atomic E-state index is 0.537. The fourth-order valence-electron chi connectivity index (χ4n) is 4.23. The number of hydrogen-bond donors (Lipinski definition) is 0. The van der Waals surface area contributed by atoms with Gasteiger partial charge in [0.05, 0.1) is 11.6 Å². The van der Waals surface area contributed by atoms with Crippen LogP contribution in [0, 0.1) is 5.92 Å². The summed E-state index contributed by atoms with van der Waals surface area (Å²) in [4.78, 5) is 1.14. The van der Waals surface area contributed by atoms with Gasteiger partial charge in [-0.05, 0) is 48.4 Å². The van der Waals surface area contributed by atoms with Crippen LogP contribution in [0.25, 0.3) is 0 Å². The Hall–Kier alpha value is -0.163. The maximum atomic E-state index is 6.84. The van der Waals surface area contributed by atoms with Crippen molar-refractivity contribution in [2.75, 3.05) is 19.8 Å². The van der Waals surface area contributed by atoms with Crippen molar-refractivity contribution in [1.82, 2.24) is 0 Å². The fourth-order valence-corrected chi connectivity index (χ4v) is 14.1. The first-order chi connectivity index (χ1) is 12.7. The quantitative estimate of drug-likeness (QED) is 0.199. The van der Waals surface area contributed by atoms with Gasteiger partial charge in [0, 0.05) is 18.1 Å². The highest BCUT2D eigenvalue weighted by atomic mass is 35.5. The average Bonchev–Trinajstić information content (AvgIpc) is 2.63. The molecule has 0 aliphatic carbocycles. The van der Waals surface area contributed by atoms with Crippen LogP contribution in [0.15, 0.2) is 34.4 Å². The first-order valence-corrected chi connectivity index (χ1v) is 14.4. The topological polar surface area (TPSA) is 18.5 Å². The molecule has 27 heavy (non-hydrogen) atoms. The van der Waals surface area contributed by atoms with Gasteiger partial charge in [-0.15, -0.1) is 11.2 Å². The molecule has 1 rings (SSSR count). The molecule has 0 bridgehead atoms. The summed E-state index contributed by atoms with van der Waals surface area (Å²) in [5.74, 6) is 1.25. The number of hydrogen-bond acceptors (Lipinski definition) is 3. The van der Waals surface area contributed by atoms with Gasteiger partial charge in [0.2, 0.25) is 0 Å². The van der Waals surface area contributed by atoms with Gasteiger partial charge in [0.1, 0.15) is 13.0 Å². The Kier molecular flexibility index (Phi) is 10.8. The SMILES string of the molecule is C=CC(OCC1CCOCC1)=C(Cl)C(=CC)S[Si](C(C)C)(C(C)C)C(C)C. The van der Waals surface area contributed by atoms with Crippen LogP contribution in [0.2, 0.25) is 16.6 Å². The van der Waals surface area contributed by atoms with Gasteiger partial charge in [-0.25, -0.2) is 0 Å². The van der Waals surface area contributed by atoms with Crippen molar-refractivity contribution in [3.63, 3.8) is 0 Å². The van der Waals surface area contributed by atoms with Gasteiger partial charge in [-0.3, -0.25) is 0 Å². The molecule has 1 aliphatic rings. The zero-order valence-corrected chi connectivity index (χ0v) is 20.9. The van der Waals surface area contributed by atoms with Crippen LogP contribution < -0.4 is 0 Å². The first-order valence-electron chi connectivity index (χ1n) is 10.3. The highest BCUT2D eigenvalue weighted by Crippen LogP contribution is 2.53. The molecule has 0 radical (unpaired) electrons. The Morgan fingerprint density at radius 3 is 2.07 bits per heavy atom. The van der Waals surface area contributed by atoms with Gasteiger partial charge in [-0.2, -0.15) is 0 Å². The molecule has 0 spiro atoms. The molecule has 1 saturated heterocycles. The maximum absolute atomic E-state index is 6.84. The van der Waals surface area contributed by atoms with Crippen molar-refractivity contribution in [2.45, 2.75) is 77.9 Å². The molecule has 1 heterocycles. The highest BCUT2D eigenvalue weighted by molar-refractivity contribution is 8.32. The van der Waals surface area contributed by atoms with Crippen molar-refractivity contribution in [2.24, 2.45) is 5.92 Å². The molecule has 2 nitrogen and oxygen atoms in total. The minimum Gasteiger partial charge on any atom is -0.492 e. The van der Waals surface area contributed by atoms with Crippen LogP contribution in [0.4, 0.5) is 0 Å². The number of halogens is 1. The lowest BCUT2D eigenvalue weighted by atomic mass is 10.0. The lowest BCUT2D eigenvalue weighted by molar-refractivity contribution is 0.0387. The molecule has 5 heteroatoms. The molecular formula is C22H39ClO2SSi. The molecule has 156 valence electrons. The highest BCUT2D eigenvalue weighted by Gasteiger charge is 2.44. The van der Waals surface area contributed by atoms with Gasteiger partial charge in [0.25, 0.3) is 0 Å². The van der Waals surface area contributed by atoms with E-state index in [9.17, 15) is 0 Å². The summed E-state index contributed by atoms with van der Waals surface area (Å²) in [5.41, 5.74) is 1.99. The molecule has 0 saturated carbocycles. The zero-order chi connectivity index (χ0) is 20.6. The summed E-state index contributed by atoms with van der Waals surface area (Å²) in [6.07, 6.45) is 6.01. The Balaban J connectivity index is 3.04. The van der Waals surface area contributed by atoms with Crippen molar-refractivity contribution in [1.29, 1.82) is 0 Å². The van der Waals surface area contributed by atoms with Crippen LogP contribution >= 0.6 is 22.8 Å². The molecule has 0 atom stereocenters. The van der Waals surface area contributed by atoms with E-state index < -0.39 is 7.22 Å². The Morgan fingerprint density at radius 1 is 1.15 bits per heavy atom. The second kappa shape index (κ2) is 11.7. The van der Waals surface area contributed by atoms with E-state index in [-0.39, 0.29) is 0 Å². The summed E-state index contributed by atoms with van der Waals surface area (Å²) < 4.78 is 11.5. The smallest absolute Gasteiger partial charge is 0.138 e. The first kappa shape index (κ1) is 24.9. The maximum Gasteiger partial charge on any atom is 0.138 e. The summed E-state index contributed by atoms with van der Waals surface area (Å²) in [6.45, 7) is 22.6. The summed E-state index contributed by atoms with van der Waals surface area (Å²) in [6, 6.07) is 0. The van der Waals surface area contributed by atoms with Crippen molar-refractivity contribution in [3.05, 3.63) is 34.4 Å². The van der Waals surface area contributed by atoms with Crippen LogP contribution in [0.1, 0.15) is 61.3 Å². The molecule has 0 N–H and O–H groups in total. The Morgan fingerprint density at radius 2 is 1.67 bits per heavy atom. The summed E-state index contributed by atoms with van der Waals surface area (Å²) in [5, 5.41) is 0.711. The standard InChI is InChI=1S/C22H39ClO2SSi/c1-9-20(25-15-19-11-13-24-14-12-19)22(23)21(10-2)26-27(16(3)4,17(5)6)18(7)8/h9-10,16-19H,1,11-15H2,2-8H3. The molecular weight excluding hydrogens is 392 g/mol. The summed E-state index contributed by atoms with van der Waals surface area (Å²) >= 11 is 8.88. The van der Waals surface area contributed by atoms with Gasteiger partial charge >= 0.3 is 0 Å². The predicted octanol–water partition coefficient (Wildman–Crippen LogP) is 7.88. The van der Waals surface area contributed by atoms with E-state index in [1.54, 1.807) is 6.08 Å². The van der Waals surface area contributed by atoms with E-state index in [1.165, 1.54) is 0 Å². The minimum atomic E-state index is -1.66. The van der Waals surface area contributed by atoms with E-state index in [0.717, 1.165) is 31.0 Å². The molecule has 0 aromatic carbocycles. The third-order valence-electron chi connectivity index (χ3n) is 5.69. The van der Waals surface area contributed by atoms with Crippen LogP contribution in [-0.2, 0) is 9.47 Å². The second-order valence-electron chi connectivity index (χ2n) is 8.32. The van der Waals surface area contributed by atoms with Gasteiger partial charge in [-0.1, -0.05) is 65.8 Å². The van der Waals surface area contributed by atoms with Crippen LogP contribution in [-0.4, -0.2) is 27.0 Å². The number of ether oxygens (including phenoxy) is 2. The zero-order valence-electron chi connectivity index (χ0n) is 18.3. The largest absolute Gasteiger partial charge is 0.492 e. The van der Waals surface area contributed by atoms with Crippen molar-refractivity contribution >= 4 is 30.0 Å². The third kappa shape index (κ3) is 6.42. The second-order valence-corrected chi connectivity index (χ2v) is 17.2. The molecule has 0 unspecified atom stereocenters.